The molecule has 1 N–H and O–H groups in total. The molecule has 2 saturated heterocycles. The second-order valence-electron chi connectivity index (χ2n) is 8.35. The van der Waals surface area contributed by atoms with E-state index in [1.165, 1.54) is 12.8 Å². The van der Waals surface area contributed by atoms with Gasteiger partial charge in [0.05, 0.1) is 27.8 Å². The minimum atomic E-state index is -0.0860. The predicted molar refractivity (Wildman–Crippen MR) is 112 cm³/mol. The Kier molecular flexibility index (Phi) is 5.67. The van der Waals surface area contributed by atoms with Gasteiger partial charge >= 0.3 is 5.97 Å². The highest BCUT2D eigenvalue weighted by atomic mass is 16.5. The zero-order valence-electron chi connectivity index (χ0n) is 17.6. The molecule has 0 unspecified atom stereocenters. The number of rotatable bonds is 6. The van der Waals surface area contributed by atoms with Gasteiger partial charge in [-0.25, -0.2) is 0 Å². The van der Waals surface area contributed by atoms with Gasteiger partial charge < -0.3 is 14.2 Å². The zero-order chi connectivity index (χ0) is 20.4. The Morgan fingerprint density at radius 3 is 2.86 bits per heavy atom. The standard InChI is InChI=1S/C22H31N3O4/c1-27-18-7-4-6-17(20(18)29-3)24-23-16-8-11-22(14-19(26)28-2)10-5-12-25-13-9-15(16)21(22)25/h4,6-7,15,21,24H,5,8-14H2,1-3H3/b23-16-/t15-,21-,22+/m0/s1. The van der Waals surface area contributed by atoms with Crippen molar-refractivity contribution in [3.8, 4) is 11.5 Å². The van der Waals surface area contributed by atoms with Crippen molar-refractivity contribution in [1.29, 1.82) is 0 Å². The molecule has 7 nitrogen and oxygen atoms in total. The molecular formula is C22H31N3O4. The highest BCUT2D eigenvalue weighted by Crippen LogP contribution is 2.53. The predicted octanol–water partition coefficient (Wildman–Crippen LogP) is 3.30. The molecule has 4 rings (SSSR count). The first-order valence-corrected chi connectivity index (χ1v) is 10.5. The average Bonchev–Trinajstić information content (AvgIpc) is 3.19. The fraction of sp³-hybridized carbons (Fsp3) is 0.636. The summed E-state index contributed by atoms with van der Waals surface area (Å²) in [5.41, 5.74) is 5.25. The fourth-order valence-corrected chi connectivity index (χ4v) is 5.77. The molecule has 0 aromatic heterocycles. The third-order valence-corrected chi connectivity index (χ3v) is 7.00. The van der Waals surface area contributed by atoms with Gasteiger partial charge in [0.15, 0.2) is 11.5 Å². The van der Waals surface area contributed by atoms with Crippen molar-refractivity contribution in [3.63, 3.8) is 0 Å². The molecule has 1 saturated carbocycles. The summed E-state index contributed by atoms with van der Waals surface area (Å²) in [6.07, 6.45) is 5.77. The maximum absolute atomic E-state index is 12.2. The maximum atomic E-state index is 12.2. The number of anilines is 1. The summed E-state index contributed by atoms with van der Waals surface area (Å²) in [7, 11) is 4.76. The van der Waals surface area contributed by atoms with Crippen LogP contribution in [0.4, 0.5) is 5.69 Å². The van der Waals surface area contributed by atoms with Crippen LogP contribution in [0.1, 0.15) is 38.5 Å². The third-order valence-electron chi connectivity index (χ3n) is 7.00. The lowest BCUT2D eigenvalue weighted by Crippen LogP contribution is -2.56. The second kappa shape index (κ2) is 8.22. The summed E-state index contributed by atoms with van der Waals surface area (Å²) in [6, 6.07) is 6.12. The first-order chi connectivity index (χ1) is 14.1. The van der Waals surface area contributed by atoms with Crippen molar-refractivity contribution in [2.45, 2.75) is 44.6 Å². The highest BCUT2D eigenvalue weighted by Gasteiger charge is 2.55. The summed E-state index contributed by atoms with van der Waals surface area (Å²) in [4.78, 5) is 14.8. The number of ether oxygens (including phenoxy) is 3. The van der Waals surface area contributed by atoms with Crippen LogP contribution < -0.4 is 14.9 Å². The van der Waals surface area contributed by atoms with Crippen LogP contribution in [0.2, 0.25) is 0 Å². The lowest BCUT2D eigenvalue weighted by molar-refractivity contribution is -0.146. The van der Waals surface area contributed by atoms with Gasteiger partial charge in [-0.2, -0.15) is 5.10 Å². The van der Waals surface area contributed by atoms with Crippen molar-refractivity contribution in [2.24, 2.45) is 16.4 Å². The molecule has 1 aliphatic carbocycles. The van der Waals surface area contributed by atoms with Crippen LogP contribution in [-0.4, -0.2) is 57.0 Å². The van der Waals surface area contributed by atoms with Gasteiger partial charge in [0, 0.05) is 17.7 Å². The van der Waals surface area contributed by atoms with E-state index in [4.69, 9.17) is 19.3 Å². The lowest BCUT2D eigenvalue weighted by Gasteiger charge is -2.52. The van der Waals surface area contributed by atoms with Gasteiger partial charge in [0.2, 0.25) is 0 Å². The van der Waals surface area contributed by atoms with Gasteiger partial charge in [-0.3, -0.25) is 15.1 Å². The minimum Gasteiger partial charge on any atom is -0.493 e. The number of hydrogen-bond acceptors (Lipinski definition) is 7. The maximum Gasteiger partial charge on any atom is 0.306 e. The normalized spacial score (nSPS) is 30.0. The molecule has 7 heteroatoms. The number of esters is 1. The molecule has 1 aromatic rings. The van der Waals surface area contributed by atoms with E-state index in [0.717, 1.165) is 50.9 Å². The number of nitrogens with zero attached hydrogens (tertiary/aromatic N) is 2. The van der Waals surface area contributed by atoms with Crippen LogP contribution in [0.25, 0.3) is 0 Å². The SMILES string of the molecule is COC(=O)C[C@@]12CCCN3CC[C@@H](/C(=N\Nc4cccc(OC)c4OC)CC1)[C@H]32. The van der Waals surface area contributed by atoms with Gasteiger partial charge in [-0.1, -0.05) is 6.07 Å². The first-order valence-electron chi connectivity index (χ1n) is 10.5. The lowest BCUT2D eigenvalue weighted by atomic mass is 9.60. The number of benzene rings is 1. The Hall–Kier alpha value is -2.28. The van der Waals surface area contributed by atoms with Crippen LogP contribution in [0.3, 0.4) is 0 Å². The molecule has 2 aliphatic heterocycles. The van der Waals surface area contributed by atoms with Crippen molar-refractivity contribution in [3.05, 3.63) is 18.2 Å². The Labute approximate surface area is 172 Å². The summed E-state index contributed by atoms with van der Waals surface area (Å²) < 4.78 is 15.9. The van der Waals surface area contributed by atoms with Gasteiger partial charge in [-0.05, 0) is 62.7 Å². The van der Waals surface area contributed by atoms with E-state index in [-0.39, 0.29) is 11.4 Å². The van der Waals surface area contributed by atoms with Gasteiger partial charge in [-0.15, -0.1) is 0 Å². The van der Waals surface area contributed by atoms with Crippen LogP contribution >= 0.6 is 0 Å². The first kappa shape index (κ1) is 20.0. The van der Waals surface area contributed by atoms with Crippen molar-refractivity contribution in [2.75, 3.05) is 39.8 Å². The van der Waals surface area contributed by atoms with Crippen molar-refractivity contribution < 1.29 is 19.0 Å². The molecular weight excluding hydrogens is 370 g/mol. The van der Waals surface area contributed by atoms with Gasteiger partial charge in [0.25, 0.3) is 0 Å². The number of piperidine rings is 1. The second-order valence-corrected chi connectivity index (χ2v) is 8.35. The van der Waals surface area contributed by atoms with E-state index in [1.54, 1.807) is 14.2 Å². The molecule has 1 aromatic carbocycles. The molecule has 3 fully saturated rings. The van der Waals surface area contributed by atoms with E-state index >= 15 is 0 Å². The minimum absolute atomic E-state index is 0.0270. The third kappa shape index (κ3) is 3.56. The number of carbonyl (C=O) groups excluding carboxylic acids is 1. The summed E-state index contributed by atoms with van der Waals surface area (Å²) >= 11 is 0. The van der Waals surface area contributed by atoms with E-state index in [1.807, 2.05) is 18.2 Å². The van der Waals surface area contributed by atoms with E-state index < -0.39 is 0 Å². The zero-order valence-corrected chi connectivity index (χ0v) is 17.6. The molecule has 0 amide bonds. The van der Waals surface area contributed by atoms with E-state index in [2.05, 4.69) is 10.3 Å². The Balaban J connectivity index is 1.58. The Morgan fingerprint density at radius 1 is 1.24 bits per heavy atom. The average molecular weight is 402 g/mol. The molecule has 0 bridgehead atoms. The molecule has 29 heavy (non-hydrogen) atoms. The topological polar surface area (TPSA) is 72.4 Å². The number of carbonyl (C=O) groups is 1. The molecule has 0 spiro atoms. The van der Waals surface area contributed by atoms with Crippen LogP contribution in [-0.2, 0) is 9.53 Å². The monoisotopic (exact) mass is 401 g/mol. The van der Waals surface area contributed by atoms with Crippen LogP contribution in [0, 0.1) is 11.3 Å². The largest absolute Gasteiger partial charge is 0.493 e. The van der Waals surface area contributed by atoms with E-state index in [0.29, 0.717) is 29.9 Å². The molecule has 3 aliphatic rings. The Morgan fingerprint density at radius 2 is 2.10 bits per heavy atom. The number of methoxy groups -OCH3 is 3. The van der Waals surface area contributed by atoms with Crippen LogP contribution in [0.5, 0.6) is 11.5 Å². The van der Waals surface area contributed by atoms with Crippen molar-refractivity contribution in [1.82, 2.24) is 4.90 Å². The number of para-hydroxylation sites is 1. The molecule has 0 radical (unpaired) electrons. The summed E-state index contributed by atoms with van der Waals surface area (Å²) in [5, 5.41) is 4.83. The van der Waals surface area contributed by atoms with Crippen molar-refractivity contribution >= 4 is 17.4 Å². The fourth-order valence-electron chi connectivity index (χ4n) is 5.77. The quantitative estimate of drug-likeness (QED) is 0.583. The highest BCUT2D eigenvalue weighted by molar-refractivity contribution is 5.90. The number of hydrazone groups is 1. The molecule has 158 valence electrons. The van der Waals surface area contributed by atoms with Gasteiger partial charge in [0.1, 0.15) is 5.69 Å². The number of nitrogens with one attached hydrogen (secondary N) is 1. The molecule has 2 heterocycles. The summed E-state index contributed by atoms with van der Waals surface area (Å²) in [5.74, 6) is 1.63. The number of hydrogen-bond donors (Lipinski definition) is 1. The summed E-state index contributed by atoms with van der Waals surface area (Å²) in [6.45, 7) is 2.20. The smallest absolute Gasteiger partial charge is 0.306 e. The molecule has 3 atom stereocenters. The Bertz CT molecular complexity index is 796. The van der Waals surface area contributed by atoms with E-state index in [9.17, 15) is 4.79 Å². The van der Waals surface area contributed by atoms with Crippen LogP contribution in [0.15, 0.2) is 23.3 Å².